The Morgan fingerprint density at radius 3 is 1.30 bits per heavy atom. The Kier molecular flexibility index (Phi) is 44.7. The van der Waals surface area contributed by atoms with Crippen LogP contribution in [0.5, 0.6) is 0 Å². The Balaban J connectivity index is 1.73. The van der Waals surface area contributed by atoms with Crippen LogP contribution in [0.2, 0.25) is 0 Å². The summed E-state index contributed by atoms with van der Waals surface area (Å²) in [6, 6.07) is 0. The molecule has 2 aliphatic rings. The van der Waals surface area contributed by atoms with Crippen molar-refractivity contribution in [2.24, 2.45) is 0 Å². The molecule has 11 atom stereocenters. The minimum absolute atomic E-state index is 0.0289. The Bertz CT molecular complexity index is 1590. The molecule has 0 radical (unpaired) electrons. The van der Waals surface area contributed by atoms with Gasteiger partial charge in [0.2, 0.25) is 0 Å². The van der Waals surface area contributed by atoms with Crippen LogP contribution in [0.4, 0.5) is 0 Å². The van der Waals surface area contributed by atoms with Gasteiger partial charge in [0.1, 0.15) is 54.9 Å². The first-order valence-electron chi connectivity index (χ1n) is 30.2. The highest BCUT2D eigenvalue weighted by Crippen LogP contribution is 2.27. The SMILES string of the molecule is CC/C=C\C/C=C\C/C=C\C/C=C\C/C=C\C/C=C\C/C=C\CCCCOCC(COC1OC(COC2OC(CO)C(O)C(O)C2O)C(O)C(O)C1O)OC(=O)CCCCCCCCCCCCCCCCCCCCC. The zero-order valence-electron chi connectivity index (χ0n) is 47.7. The van der Waals surface area contributed by atoms with Crippen LogP contribution < -0.4 is 0 Å². The zero-order valence-corrected chi connectivity index (χ0v) is 47.7. The molecule has 0 aromatic carbocycles. The molecule has 0 amide bonds. The molecule has 14 heteroatoms. The minimum Gasteiger partial charge on any atom is -0.457 e. The van der Waals surface area contributed by atoms with Crippen LogP contribution >= 0.6 is 0 Å². The first-order valence-corrected chi connectivity index (χ1v) is 30.2. The monoisotopic (exact) mass is 1090 g/mol. The summed E-state index contributed by atoms with van der Waals surface area (Å²) in [4.78, 5) is 13.1. The maximum Gasteiger partial charge on any atom is 0.306 e. The van der Waals surface area contributed by atoms with Gasteiger partial charge in [0.05, 0.1) is 26.4 Å². The van der Waals surface area contributed by atoms with Crippen LogP contribution in [0.1, 0.15) is 206 Å². The summed E-state index contributed by atoms with van der Waals surface area (Å²) in [5.41, 5.74) is 0. The van der Waals surface area contributed by atoms with Crippen LogP contribution in [0, 0.1) is 0 Å². The van der Waals surface area contributed by atoms with Crippen LogP contribution in [0.3, 0.4) is 0 Å². The summed E-state index contributed by atoms with van der Waals surface area (Å²) in [6.07, 6.45) is 47.9. The molecule has 77 heavy (non-hydrogen) atoms. The molecule has 444 valence electrons. The Morgan fingerprint density at radius 2 is 0.844 bits per heavy atom. The van der Waals surface area contributed by atoms with Crippen molar-refractivity contribution < 1.29 is 69.0 Å². The number of carbonyl (C=O) groups excluding carboxylic acids is 1. The summed E-state index contributed by atoms with van der Waals surface area (Å²) in [5, 5.41) is 72.4. The van der Waals surface area contributed by atoms with Crippen molar-refractivity contribution in [1.82, 2.24) is 0 Å². The number of carbonyl (C=O) groups is 1. The number of unbranched alkanes of at least 4 members (excludes halogenated alkanes) is 20. The largest absolute Gasteiger partial charge is 0.457 e. The van der Waals surface area contributed by atoms with Crippen molar-refractivity contribution in [2.45, 2.75) is 274 Å². The molecule has 0 aliphatic carbocycles. The van der Waals surface area contributed by atoms with Gasteiger partial charge in [0.15, 0.2) is 12.6 Å². The maximum atomic E-state index is 13.1. The molecule has 2 saturated heterocycles. The fourth-order valence-corrected chi connectivity index (χ4v) is 9.09. The summed E-state index contributed by atoms with van der Waals surface area (Å²) in [6.45, 7) is 3.48. The van der Waals surface area contributed by atoms with Crippen LogP contribution in [-0.2, 0) is 33.2 Å². The van der Waals surface area contributed by atoms with E-state index in [1.807, 2.05) is 0 Å². The summed E-state index contributed by atoms with van der Waals surface area (Å²) in [7, 11) is 0. The molecule has 7 N–H and O–H groups in total. The molecule has 0 aromatic heterocycles. The quantitative estimate of drug-likeness (QED) is 0.0172. The molecule has 2 aliphatic heterocycles. The number of esters is 1. The number of hydrogen-bond acceptors (Lipinski definition) is 14. The van der Waals surface area contributed by atoms with Crippen LogP contribution in [0.25, 0.3) is 0 Å². The number of ether oxygens (including phenoxy) is 6. The number of allylic oxidation sites excluding steroid dienone is 14. The molecule has 14 nitrogen and oxygen atoms in total. The smallest absolute Gasteiger partial charge is 0.306 e. The minimum atomic E-state index is -1.72. The van der Waals surface area contributed by atoms with Crippen molar-refractivity contribution >= 4 is 5.97 Å². The molecular weight excluding hydrogens is 981 g/mol. The van der Waals surface area contributed by atoms with E-state index in [-0.39, 0.29) is 19.6 Å². The van der Waals surface area contributed by atoms with E-state index in [0.717, 1.165) is 83.5 Å². The average Bonchev–Trinajstić information content (AvgIpc) is 3.43. The molecule has 2 rings (SSSR count). The third-order valence-electron chi connectivity index (χ3n) is 13.9. The van der Waals surface area contributed by atoms with E-state index in [4.69, 9.17) is 28.4 Å². The predicted molar refractivity (Wildman–Crippen MR) is 307 cm³/mol. The highest BCUT2D eigenvalue weighted by molar-refractivity contribution is 5.69. The van der Waals surface area contributed by atoms with Gasteiger partial charge < -0.3 is 64.2 Å². The second-order valence-electron chi connectivity index (χ2n) is 20.8. The van der Waals surface area contributed by atoms with Crippen molar-refractivity contribution in [3.05, 3.63) is 85.1 Å². The lowest BCUT2D eigenvalue weighted by atomic mass is 9.98. The number of hydrogen-bond donors (Lipinski definition) is 7. The first kappa shape index (κ1) is 70.3. The van der Waals surface area contributed by atoms with Crippen LogP contribution in [0.15, 0.2) is 85.1 Å². The third kappa shape index (κ3) is 35.5. The van der Waals surface area contributed by atoms with Gasteiger partial charge in [0, 0.05) is 13.0 Å². The van der Waals surface area contributed by atoms with Gasteiger partial charge in [0.25, 0.3) is 0 Å². The van der Waals surface area contributed by atoms with E-state index in [1.54, 1.807) is 0 Å². The molecule has 11 unspecified atom stereocenters. The Morgan fingerprint density at radius 1 is 0.442 bits per heavy atom. The highest BCUT2D eigenvalue weighted by Gasteiger charge is 2.47. The standard InChI is InChI=1S/C63H108O14/c1-3-5-7-9-11-13-15-17-19-21-23-24-25-26-27-29-31-33-35-37-39-41-43-45-47-72-49-52(75-55(65)46-44-42-40-38-36-34-32-30-28-22-20-18-16-14-12-10-8-6-4-2)50-73-62-61(71)59(69)57(67)54(77-62)51-74-63-60(70)58(68)56(66)53(48-64)76-63/h5,7,11,13,17,19,23-24,26-27,31,33,37,39,52-54,56-64,66-71H,3-4,6,8-10,12,14-16,18,20-22,25,28-30,32,34-36,38,40-51H2,1-2H3/b7-5-,13-11-,19-17-,24-23-,27-26-,33-31-,39-37-. The van der Waals surface area contributed by atoms with Gasteiger partial charge in [-0.05, 0) is 70.6 Å². The Labute approximate surface area is 465 Å². The second kappa shape index (κ2) is 49.0. The van der Waals surface area contributed by atoms with E-state index >= 15 is 0 Å². The van der Waals surface area contributed by atoms with Gasteiger partial charge in [-0.2, -0.15) is 0 Å². The van der Waals surface area contributed by atoms with E-state index in [2.05, 4.69) is 98.9 Å². The predicted octanol–water partition coefficient (Wildman–Crippen LogP) is 11.2. The van der Waals surface area contributed by atoms with E-state index < -0.39 is 86.7 Å². The molecular formula is C63H108O14. The van der Waals surface area contributed by atoms with E-state index in [1.165, 1.54) is 96.3 Å². The van der Waals surface area contributed by atoms with Crippen molar-refractivity contribution in [3.63, 3.8) is 0 Å². The number of rotatable bonds is 48. The number of aliphatic hydroxyl groups is 7. The topological polar surface area (TPSA) is 214 Å². The molecule has 2 heterocycles. The third-order valence-corrected chi connectivity index (χ3v) is 13.9. The second-order valence-corrected chi connectivity index (χ2v) is 20.8. The van der Waals surface area contributed by atoms with Crippen molar-refractivity contribution in [3.8, 4) is 0 Å². The summed E-state index contributed by atoms with van der Waals surface area (Å²) < 4.78 is 34.4. The molecule has 0 saturated carbocycles. The van der Waals surface area contributed by atoms with Gasteiger partial charge in [-0.15, -0.1) is 0 Å². The van der Waals surface area contributed by atoms with E-state index in [9.17, 15) is 40.5 Å². The van der Waals surface area contributed by atoms with Gasteiger partial charge in [-0.25, -0.2) is 0 Å². The first-order chi connectivity index (χ1) is 37.6. The molecule has 2 fully saturated rings. The maximum absolute atomic E-state index is 13.1. The van der Waals surface area contributed by atoms with Gasteiger partial charge >= 0.3 is 5.97 Å². The van der Waals surface area contributed by atoms with Crippen LogP contribution in [-0.4, -0.2) is 142 Å². The fraction of sp³-hybridized carbons (Fsp3) is 0.762. The lowest BCUT2D eigenvalue weighted by molar-refractivity contribution is -0.332. The summed E-state index contributed by atoms with van der Waals surface area (Å²) in [5.74, 6) is -0.391. The normalized spacial score (nSPS) is 24.9. The molecule has 0 spiro atoms. The number of aliphatic hydroxyl groups excluding tert-OH is 7. The average molecular weight is 1090 g/mol. The summed E-state index contributed by atoms with van der Waals surface area (Å²) >= 11 is 0. The van der Waals surface area contributed by atoms with E-state index in [0.29, 0.717) is 13.0 Å². The van der Waals surface area contributed by atoms with Gasteiger partial charge in [-0.1, -0.05) is 214 Å². The zero-order chi connectivity index (χ0) is 55.8. The van der Waals surface area contributed by atoms with Crippen molar-refractivity contribution in [2.75, 3.05) is 33.0 Å². The Hall–Kier alpha value is -2.83. The van der Waals surface area contributed by atoms with Crippen molar-refractivity contribution in [1.29, 1.82) is 0 Å². The lowest BCUT2D eigenvalue weighted by Crippen LogP contribution is -2.61. The highest BCUT2D eigenvalue weighted by atomic mass is 16.7. The fourth-order valence-electron chi connectivity index (χ4n) is 9.09. The lowest BCUT2D eigenvalue weighted by Gasteiger charge is -2.42. The van der Waals surface area contributed by atoms with Gasteiger partial charge in [-0.3, -0.25) is 4.79 Å². The molecule has 0 bridgehead atoms. The molecule has 0 aromatic rings.